The molecule has 2 unspecified atom stereocenters. The van der Waals surface area contributed by atoms with Gasteiger partial charge in [-0.3, -0.25) is 0 Å². The number of hydrogen-bond acceptors (Lipinski definition) is 2. The van der Waals surface area contributed by atoms with Crippen LogP contribution in [0.5, 0.6) is 5.75 Å². The van der Waals surface area contributed by atoms with Crippen molar-refractivity contribution in [1.82, 2.24) is 5.32 Å². The molecule has 1 saturated heterocycles. The molecular weight excluding hydrogens is 222 g/mol. The summed E-state index contributed by atoms with van der Waals surface area (Å²) in [5.74, 6) is 1.72. The third kappa shape index (κ3) is 1.92. The van der Waals surface area contributed by atoms with E-state index < -0.39 is 0 Å². The third-order valence-corrected chi connectivity index (χ3v) is 3.86. The molecule has 2 atom stereocenters. The van der Waals surface area contributed by atoms with Crippen LogP contribution in [0, 0.1) is 5.92 Å². The smallest absolute Gasteiger partial charge is 0.123 e. The molecular formula is C13H16ClNO. The van der Waals surface area contributed by atoms with Crippen molar-refractivity contribution in [3.63, 3.8) is 0 Å². The van der Waals surface area contributed by atoms with Crippen LogP contribution in [0.25, 0.3) is 0 Å². The molecule has 86 valence electrons. The number of aryl methyl sites for hydroxylation is 1. The van der Waals surface area contributed by atoms with Crippen molar-refractivity contribution in [1.29, 1.82) is 0 Å². The second-order valence-corrected chi connectivity index (χ2v) is 5.14. The topological polar surface area (TPSA) is 21.3 Å². The van der Waals surface area contributed by atoms with E-state index in [2.05, 4.69) is 5.32 Å². The number of hydrogen-bond donors (Lipinski definition) is 1. The van der Waals surface area contributed by atoms with E-state index >= 15 is 0 Å². The van der Waals surface area contributed by atoms with Crippen molar-refractivity contribution in [2.45, 2.75) is 25.4 Å². The minimum Gasteiger partial charge on any atom is -0.490 e. The second-order valence-electron chi connectivity index (χ2n) is 4.70. The van der Waals surface area contributed by atoms with Gasteiger partial charge in [-0.05, 0) is 49.6 Å². The first-order valence-corrected chi connectivity index (χ1v) is 6.36. The fourth-order valence-corrected chi connectivity index (χ4v) is 2.90. The number of nitrogens with one attached hydrogen (secondary N) is 1. The molecule has 0 saturated carbocycles. The summed E-state index contributed by atoms with van der Waals surface area (Å²) in [6.45, 7) is 2.24. The lowest BCUT2D eigenvalue weighted by Gasteiger charge is -2.30. The van der Waals surface area contributed by atoms with Crippen molar-refractivity contribution in [3.05, 3.63) is 28.8 Å². The first kappa shape index (κ1) is 10.4. The fourth-order valence-electron chi connectivity index (χ4n) is 2.70. The average Bonchev–Trinajstić information content (AvgIpc) is 2.82. The molecule has 2 aliphatic rings. The molecule has 0 aliphatic carbocycles. The molecule has 2 nitrogen and oxygen atoms in total. The van der Waals surface area contributed by atoms with Gasteiger partial charge in [0.25, 0.3) is 0 Å². The van der Waals surface area contributed by atoms with E-state index in [1.165, 1.54) is 12.0 Å². The number of halogens is 1. The quantitative estimate of drug-likeness (QED) is 0.811. The van der Waals surface area contributed by atoms with Crippen LogP contribution >= 0.6 is 11.6 Å². The van der Waals surface area contributed by atoms with Gasteiger partial charge in [-0.15, -0.1) is 0 Å². The van der Waals surface area contributed by atoms with Gasteiger partial charge in [0.1, 0.15) is 11.9 Å². The lowest BCUT2D eigenvalue weighted by Crippen LogP contribution is -2.32. The molecule has 0 bridgehead atoms. The Morgan fingerprint density at radius 2 is 2.25 bits per heavy atom. The Morgan fingerprint density at radius 1 is 1.31 bits per heavy atom. The van der Waals surface area contributed by atoms with Crippen LogP contribution in [0.3, 0.4) is 0 Å². The van der Waals surface area contributed by atoms with Gasteiger partial charge in [0.15, 0.2) is 0 Å². The number of benzene rings is 1. The minimum atomic E-state index is 0.392. The lowest BCUT2D eigenvalue weighted by molar-refractivity contribution is 0.119. The maximum absolute atomic E-state index is 6.07. The van der Waals surface area contributed by atoms with Crippen LogP contribution in [0.4, 0.5) is 0 Å². The summed E-state index contributed by atoms with van der Waals surface area (Å²) >= 11 is 5.97. The van der Waals surface area contributed by atoms with Crippen LogP contribution in [0.1, 0.15) is 18.4 Å². The van der Waals surface area contributed by atoms with Gasteiger partial charge < -0.3 is 10.1 Å². The van der Waals surface area contributed by atoms with E-state index in [4.69, 9.17) is 16.3 Å². The standard InChI is InChI=1S/C13H16ClNO/c14-11-2-4-12-9(7-11)1-3-13(16-12)10-5-6-15-8-10/h2,4,7,10,13,15H,1,3,5-6,8H2. The fraction of sp³-hybridized carbons (Fsp3) is 0.538. The summed E-state index contributed by atoms with van der Waals surface area (Å²) in [7, 11) is 0. The first-order chi connectivity index (χ1) is 7.83. The van der Waals surface area contributed by atoms with E-state index in [0.29, 0.717) is 12.0 Å². The minimum absolute atomic E-state index is 0.392. The van der Waals surface area contributed by atoms with Crippen molar-refractivity contribution in [2.24, 2.45) is 5.92 Å². The van der Waals surface area contributed by atoms with Crippen LogP contribution < -0.4 is 10.1 Å². The van der Waals surface area contributed by atoms with Crippen molar-refractivity contribution < 1.29 is 4.74 Å². The van der Waals surface area contributed by atoms with E-state index in [0.717, 1.165) is 36.7 Å². The van der Waals surface area contributed by atoms with Gasteiger partial charge in [-0.25, -0.2) is 0 Å². The molecule has 0 spiro atoms. The van der Waals surface area contributed by atoms with Crippen molar-refractivity contribution >= 4 is 11.6 Å². The molecule has 2 aliphatic heterocycles. The van der Waals surface area contributed by atoms with Crippen molar-refractivity contribution in [2.75, 3.05) is 13.1 Å². The number of fused-ring (bicyclic) bond motifs is 1. The largest absolute Gasteiger partial charge is 0.490 e. The zero-order chi connectivity index (χ0) is 11.0. The van der Waals surface area contributed by atoms with Gasteiger partial charge >= 0.3 is 0 Å². The monoisotopic (exact) mass is 237 g/mol. The van der Waals surface area contributed by atoms with Crippen LogP contribution in [0.2, 0.25) is 5.02 Å². The molecule has 3 heteroatoms. The van der Waals surface area contributed by atoms with Gasteiger partial charge in [-0.1, -0.05) is 11.6 Å². The van der Waals surface area contributed by atoms with Crippen LogP contribution in [-0.2, 0) is 6.42 Å². The SMILES string of the molecule is Clc1ccc2c(c1)CCC(C1CCNC1)O2. The summed E-state index contributed by atoms with van der Waals surface area (Å²) in [6, 6.07) is 5.95. The maximum atomic E-state index is 6.07. The summed E-state index contributed by atoms with van der Waals surface area (Å²) in [6.07, 6.45) is 3.85. The molecule has 1 aromatic rings. The molecule has 1 aromatic carbocycles. The highest BCUT2D eigenvalue weighted by Gasteiger charge is 2.29. The summed E-state index contributed by atoms with van der Waals surface area (Å²) in [4.78, 5) is 0. The Hall–Kier alpha value is -0.730. The highest BCUT2D eigenvalue weighted by Crippen LogP contribution is 2.33. The maximum Gasteiger partial charge on any atom is 0.123 e. The lowest BCUT2D eigenvalue weighted by atomic mass is 9.93. The zero-order valence-corrected chi connectivity index (χ0v) is 9.96. The van der Waals surface area contributed by atoms with E-state index in [1.54, 1.807) is 0 Å². The number of ether oxygens (including phenoxy) is 1. The van der Waals surface area contributed by atoms with Crippen LogP contribution in [-0.4, -0.2) is 19.2 Å². The molecule has 0 amide bonds. The highest BCUT2D eigenvalue weighted by atomic mass is 35.5. The highest BCUT2D eigenvalue weighted by molar-refractivity contribution is 6.30. The van der Waals surface area contributed by atoms with Gasteiger partial charge in [0.2, 0.25) is 0 Å². The number of rotatable bonds is 1. The average molecular weight is 238 g/mol. The predicted molar refractivity (Wildman–Crippen MR) is 65.2 cm³/mol. The van der Waals surface area contributed by atoms with E-state index in [1.807, 2.05) is 18.2 Å². The third-order valence-electron chi connectivity index (χ3n) is 3.62. The molecule has 2 heterocycles. The first-order valence-electron chi connectivity index (χ1n) is 5.99. The molecule has 0 radical (unpaired) electrons. The molecule has 1 fully saturated rings. The van der Waals surface area contributed by atoms with Gasteiger partial charge in [0, 0.05) is 17.5 Å². The second kappa shape index (κ2) is 4.27. The normalized spacial score (nSPS) is 28.6. The molecule has 0 aromatic heterocycles. The summed E-state index contributed by atoms with van der Waals surface area (Å²) in [5, 5.41) is 4.21. The zero-order valence-electron chi connectivity index (χ0n) is 9.21. The summed E-state index contributed by atoms with van der Waals surface area (Å²) < 4.78 is 6.07. The van der Waals surface area contributed by atoms with E-state index in [-0.39, 0.29) is 0 Å². The Bertz CT molecular complexity index is 388. The predicted octanol–water partition coefficient (Wildman–Crippen LogP) is 2.64. The Balaban J connectivity index is 1.78. The summed E-state index contributed by atoms with van der Waals surface area (Å²) in [5.41, 5.74) is 1.26. The molecule has 3 rings (SSSR count). The van der Waals surface area contributed by atoms with Gasteiger partial charge in [-0.2, -0.15) is 0 Å². The van der Waals surface area contributed by atoms with Crippen LogP contribution in [0.15, 0.2) is 18.2 Å². The molecule has 16 heavy (non-hydrogen) atoms. The van der Waals surface area contributed by atoms with E-state index in [9.17, 15) is 0 Å². The Kier molecular flexibility index (Phi) is 2.78. The van der Waals surface area contributed by atoms with Gasteiger partial charge in [0.05, 0.1) is 0 Å². The molecule has 1 N–H and O–H groups in total. The Morgan fingerprint density at radius 3 is 3.06 bits per heavy atom. The Labute approximate surface area is 101 Å². The van der Waals surface area contributed by atoms with Crippen molar-refractivity contribution in [3.8, 4) is 5.75 Å².